The van der Waals surface area contributed by atoms with Crippen LogP contribution in [0.4, 0.5) is 0 Å². The van der Waals surface area contributed by atoms with Crippen molar-refractivity contribution in [3.63, 3.8) is 0 Å². The van der Waals surface area contributed by atoms with Crippen LogP contribution < -0.4 is 0 Å². The van der Waals surface area contributed by atoms with E-state index in [0.29, 0.717) is 0 Å². The molecule has 126 valence electrons. The van der Waals surface area contributed by atoms with Gasteiger partial charge in [0.1, 0.15) is 0 Å². The van der Waals surface area contributed by atoms with E-state index in [1.54, 1.807) is 0 Å². The first-order valence-corrected chi connectivity index (χ1v) is 8.91. The molecule has 0 N–H and O–H groups in total. The Morgan fingerprint density at radius 1 is 0.760 bits per heavy atom. The molecule has 4 rings (SSSR count). The summed E-state index contributed by atoms with van der Waals surface area (Å²) in [6, 6.07) is 25.5. The lowest BCUT2D eigenvalue weighted by Crippen LogP contribution is -2.43. The minimum atomic E-state index is 0.980. The summed E-state index contributed by atoms with van der Waals surface area (Å²) in [5.41, 5.74) is 2.57. The van der Waals surface area contributed by atoms with Crippen LogP contribution in [0.3, 0.4) is 0 Å². The van der Waals surface area contributed by atoms with Crippen LogP contribution in [0, 0.1) is 0 Å². The fraction of sp³-hybridized carbons (Fsp3) is 0.227. The summed E-state index contributed by atoms with van der Waals surface area (Å²) in [5, 5.41) is 9.43. The summed E-state index contributed by atoms with van der Waals surface area (Å²) < 4.78 is 0. The first kappa shape index (κ1) is 15.9. The van der Waals surface area contributed by atoms with Gasteiger partial charge in [0.15, 0.2) is 0 Å². The van der Waals surface area contributed by atoms with E-state index >= 15 is 0 Å². The van der Waals surface area contributed by atoms with Crippen LogP contribution in [0.5, 0.6) is 0 Å². The van der Waals surface area contributed by atoms with Crippen LogP contribution in [0.15, 0.2) is 77.9 Å². The molecule has 3 nitrogen and oxygen atoms in total. The van der Waals surface area contributed by atoms with E-state index in [0.717, 1.165) is 32.7 Å². The Hall–Kier alpha value is -2.65. The zero-order valence-corrected chi connectivity index (χ0v) is 14.4. The Morgan fingerprint density at radius 3 is 2.32 bits per heavy atom. The monoisotopic (exact) mass is 329 g/mol. The second-order valence-electron chi connectivity index (χ2n) is 6.53. The summed E-state index contributed by atoms with van der Waals surface area (Å²) in [4.78, 5) is 2.50. The van der Waals surface area contributed by atoms with Gasteiger partial charge in [-0.3, -0.25) is 9.91 Å². The minimum absolute atomic E-state index is 0.980. The number of hydrazone groups is 1. The molecule has 0 aliphatic carbocycles. The first-order chi connectivity index (χ1) is 12.4. The van der Waals surface area contributed by atoms with Crippen molar-refractivity contribution in [2.45, 2.75) is 6.54 Å². The van der Waals surface area contributed by atoms with Crippen LogP contribution in [0.2, 0.25) is 0 Å². The number of fused-ring (bicyclic) bond motifs is 1. The number of nitrogens with zero attached hydrogens (tertiary/aromatic N) is 3. The van der Waals surface area contributed by atoms with Crippen molar-refractivity contribution in [2.24, 2.45) is 5.10 Å². The van der Waals surface area contributed by atoms with Crippen molar-refractivity contribution in [3.05, 3.63) is 83.9 Å². The molecule has 0 aromatic heterocycles. The third-order valence-corrected chi connectivity index (χ3v) is 4.78. The molecular formula is C22H23N3. The predicted octanol–water partition coefficient (Wildman–Crippen LogP) is 3.99. The van der Waals surface area contributed by atoms with Crippen LogP contribution in [-0.4, -0.2) is 42.3 Å². The van der Waals surface area contributed by atoms with Gasteiger partial charge in [-0.1, -0.05) is 72.8 Å². The van der Waals surface area contributed by atoms with Gasteiger partial charge in [0.05, 0.1) is 6.21 Å². The smallest absolute Gasteiger partial charge is 0.0549 e. The van der Waals surface area contributed by atoms with Crippen LogP contribution in [-0.2, 0) is 6.54 Å². The van der Waals surface area contributed by atoms with Gasteiger partial charge < -0.3 is 0 Å². The molecule has 3 aromatic carbocycles. The molecule has 3 aromatic rings. The Morgan fingerprint density at radius 2 is 1.48 bits per heavy atom. The molecule has 25 heavy (non-hydrogen) atoms. The third-order valence-electron chi connectivity index (χ3n) is 4.78. The molecular weight excluding hydrogens is 306 g/mol. The number of piperazine rings is 1. The Bertz CT molecular complexity index is 844. The van der Waals surface area contributed by atoms with Gasteiger partial charge in [0, 0.05) is 38.3 Å². The second-order valence-corrected chi connectivity index (χ2v) is 6.53. The zero-order valence-electron chi connectivity index (χ0n) is 14.4. The van der Waals surface area contributed by atoms with Crippen LogP contribution in [0.25, 0.3) is 10.8 Å². The van der Waals surface area contributed by atoms with E-state index in [4.69, 9.17) is 5.10 Å². The molecule has 0 amide bonds. The minimum Gasteiger partial charge on any atom is -0.295 e. The number of benzene rings is 3. The fourth-order valence-electron chi connectivity index (χ4n) is 3.36. The molecule has 0 bridgehead atoms. The maximum absolute atomic E-state index is 4.73. The third kappa shape index (κ3) is 3.89. The largest absolute Gasteiger partial charge is 0.295 e. The van der Waals surface area contributed by atoms with Gasteiger partial charge in [0.25, 0.3) is 0 Å². The highest BCUT2D eigenvalue weighted by Gasteiger charge is 2.15. The maximum atomic E-state index is 4.73. The molecule has 0 spiro atoms. The highest BCUT2D eigenvalue weighted by Crippen LogP contribution is 2.17. The molecule has 1 aliphatic rings. The van der Waals surface area contributed by atoms with E-state index in [-0.39, 0.29) is 0 Å². The molecule has 0 atom stereocenters. The van der Waals surface area contributed by atoms with Gasteiger partial charge >= 0.3 is 0 Å². The maximum Gasteiger partial charge on any atom is 0.0549 e. The molecule has 1 aliphatic heterocycles. The summed E-state index contributed by atoms with van der Waals surface area (Å²) in [6.45, 7) is 5.10. The molecule has 0 unspecified atom stereocenters. The molecule has 0 radical (unpaired) electrons. The highest BCUT2D eigenvalue weighted by atomic mass is 15.5. The number of hydrogen-bond donors (Lipinski definition) is 0. The lowest BCUT2D eigenvalue weighted by molar-refractivity contribution is 0.131. The first-order valence-electron chi connectivity index (χ1n) is 8.91. The van der Waals surface area contributed by atoms with E-state index in [2.05, 4.69) is 82.7 Å². The van der Waals surface area contributed by atoms with E-state index < -0.39 is 0 Å². The van der Waals surface area contributed by atoms with Gasteiger partial charge in [-0.05, 0) is 16.3 Å². The van der Waals surface area contributed by atoms with E-state index in [9.17, 15) is 0 Å². The normalized spacial score (nSPS) is 15.9. The van der Waals surface area contributed by atoms with E-state index in [1.807, 2.05) is 6.21 Å². The molecule has 1 saturated heterocycles. The second kappa shape index (κ2) is 7.49. The van der Waals surface area contributed by atoms with Crippen molar-refractivity contribution in [3.8, 4) is 0 Å². The van der Waals surface area contributed by atoms with Gasteiger partial charge in [-0.2, -0.15) is 5.10 Å². The molecule has 1 fully saturated rings. The fourth-order valence-corrected chi connectivity index (χ4v) is 3.36. The summed E-state index contributed by atoms with van der Waals surface area (Å²) in [7, 11) is 0. The standard InChI is InChI=1S/C22H23N3/c1-2-7-19(8-3-1)18-24-13-15-25(16-14-24)23-17-21-11-6-10-20-9-4-5-12-22(20)21/h1-12,17H,13-16,18H2/b23-17-. The number of hydrogen-bond acceptors (Lipinski definition) is 3. The highest BCUT2D eigenvalue weighted by molar-refractivity contribution is 5.99. The van der Waals surface area contributed by atoms with Crippen molar-refractivity contribution in [1.82, 2.24) is 9.91 Å². The lowest BCUT2D eigenvalue weighted by Gasteiger charge is -2.33. The molecule has 3 heteroatoms. The molecule has 0 saturated carbocycles. The van der Waals surface area contributed by atoms with Crippen molar-refractivity contribution in [1.29, 1.82) is 0 Å². The van der Waals surface area contributed by atoms with E-state index in [1.165, 1.54) is 21.9 Å². The van der Waals surface area contributed by atoms with Crippen molar-refractivity contribution < 1.29 is 0 Å². The Labute approximate surface area is 149 Å². The van der Waals surface area contributed by atoms with Crippen LogP contribution in [0.1, 0.15) is 11.1 Å². The Balaban J connectivity index is 1.37. The summed E-state index contributed by atoms with van der Waals surface area (Å²) in [5.74, 6) is 0. The van der Waals surface area contributed by atoms with Gasteiger partial charge in [-0.15, -0.1) is 0 Å². The number of rotatable bonds is 4. The SMILES string of the molecule is C(=N/N1CCN(Cc2ccccc2)CC1)/c1cccc2ccccc12. The van der Waals surface area contributed by atoms with Gasteiger partial charge in [-0.25, -0.2) is 0 Å². The van der Waals surface area contributed by atoms with Crippen molar-refractivity contribution >= 4 is 17.0 Å². The van der Waals surface area contributed by atoms with Gasteiger partial charge in [0.2, 0.25) is 0 Å². The average molecular weight is 329 g/mol. The lowest BCUT2D eigenvalue weighted by atomic mass is 10.1. The summed E-state index contributed by atoms with van der Waals surface area (Å²) in [6.07, 6.45) is 2.01. The Kier molecular flexibility index (Phi) is 4.75. The molecule has 1 heterocycles. The van der Waals surface area contributed by atoms with Crippen molar-refractivity contribution in [2.75, 3.05) is 26.2 Å². The van der Waals surface area contributed by atoms with Crippen LogP contribution >= 0.6 is 0 Å². The summed E-state index contributed by atoms with van der Waals surface area (Å²) >= 11 is 0. The topological polar surface area (TPSA) is 18.8 Å². The quantitative estimate of drug-likeness (QED) is 0.674. The zero-order chi connectivity index (χ0) is 16.9. The average Bonchev–Trinajstić information content (AvgIpc) is 2.68. The predicted molar refractivity (Wildman–Crippen MR) is 105 cm³/mol.